The van der Waals surface area contributed by atoms with Crippen LogP contribution in [0.3, 0.4) is 0 Å². The molecule has 1 aromatic carbocycles. The quantitative estimate of drug-likeness (QED) is 0.547. The van der Waals surface area contributed by atoms with Crippen LogP contribution in [0.5, 0.6) is 0 Å². The summed E-state index contributed by atoms with van der Waals surface area (Å²) in [6, 6.07) is 7.30. The molecule has 1 amide bonds. The fourth-order valence-corrected chi connectivity index (χ4v) is 6.62. The highest BCUT2D eigenvalue weighted by molar-refractivity contribution is 7.89. The Morgan fingerprint density at radius 1 is 0.971 bits per heavy atom. The van der Waals surface area contributed by atoms with Gasteiger partial charge in [0.1, 0.15) is 0 Å². The lowest BCUT2D eigenvalue weighted by Gasteiger charge is -2.34. The van der Waals surface area contributed by atoms with Gasteiger partial charge in [0, 0.05) is 75.4 Å². The molecule has 2 aliphatic rings. The van der Waals surface area contributed by atoms with E-state index in [1.807, 2.05) is 18.3 Å². The normalized spacial score (nSPS) is 19.6. The number of likely N-dealkylation sites (N-methyl/N-ethyl adjacent to an activating group) is 1. The van der Waals surface area contributed by atoms with E-state index in [1.54, 1.807) is 12.1 Å². The number of carbonyl (C=O) groups excluding carboxylic acids is 1. The fourth-order valence-electron chi connectivity index (χ4n) is 5.11. The topological polar surface area (TPSA) is 77.9 Å². The number of benzene rings is 1. The van der Waals surface area contributed by atoms with Gasteiger partial charge in [0.2, 0.25) is 15.9 Å². The van der Waals surface area contributed by atoms with Gasteiger partial charge in [-0.3, -0.25) is 4.79 Å². The van der Waals surface area contributed by atoms with Crippen LogP contribution in [0.4, 0.5) is 0 Å². The predicted octanol–water partition coefficient (Wildman–Crippen LogP) is 2.21. The third kappa shape index (κ3) is 5.64. The molecule has 8 nitrogen and oxygen atoms in total. The zero-order chi connectivity index (χ0) is 24.1. The summed E-state index contributed by atoms with van der Waals surface area (Å²) in [5, 5.41) is 4.01. The summed E-state index contributed by atoms with van der Waals surface area (Å²) in [5.74, 6) is -0.0456. The van der Waals surface area contributed by atoms with Crippen molar-refractivity contribution in [3.05, 3.63) is 30.5 Å². The Hall–Kier alpha value is -1.94. The second-order valence-electron chi connectivity index (χ2n) is 9.42. The second-order valence-corrected chi connectivity index (χ2v) is 11.4. The van der Waals surface area contributed by atoms with Crippen molar-refractivity contribution in [1.29, 1.82) is 0 Å². The first-order chi connectivity index (χ1) is 16.4. The van der Waals surface area contributed by atoms with Crippen molar-refractivity contribution in [3.8, 4) is 0 Å². The average Bonchev–Trinajstić information content (AvgIpc) is 3.29. The monoisotopic (exact) mass is 489 g/mol. The smallest absolute Gasteiger partial charge is 0.243 e. The summed E-state index contributed by atoms with van der Waals surface area (Å²) in [6.45, 7) is 13.2. The Balaban J connectivity index is 1.22. The molecule has 1 aromatic heterocycles. The maximum Gasteiger partial charge on any atom is 0.243 e. The van der Waals surface area contributed by atoms with Gasteiger partial charge in [-0.2, -0.15) is 4.31 Å². The molecule has 0 radical (unpaired) electrons. The van der Waals surface area contributed by atoms with Crippen LogP contribution in [0.2, 0.25) is 0 Å². The van der Waals surface area contributed by atoms with Gasteiger partial charge in [-0.1, -0.05) is 6.92 Å². The summed E-state index contributed by atoms with van der Waals surface area (Å²) in [6.07, 6.45) is 4.07. The molecular formula is C25H39N5O3S. The van der Waals surface area contributed by atoms with Gasteiger partial charge in [-0.25, -0.2) is 8.42 Å². The van der Waals surface area contributed by atoms with E-state index in [9.17, 15) is 13.2 Å². The number of hydrogen-bond donors (Lipinski definition) is 1. The summed E-state index contributed by atoms with van der Waals surface area (Å²) in [4.78, 5) is 17.9. The molecule has 0 bridgehead atoms. The van der Waals surface area contributed by atoms with Gasteiger partial charge in [0.15, 0.2) is 0 Å². The van der Waals surface area contributed by atoms with Crippen molar-refractivity contribution in [2.75, 3.05) is 58.9 Å². The number of piperazine rings is 1. The maximum absolute atomic E-state index is 13.2. The van der Waals surface area contributed by atoms with Gasteiger partial charge in [0.05, 0.1) is 4.90 Å². The first kappa shape index (κ1) is 25.2. The lowest BCUT2D eigenvalue weighted by Crippen LogP contribution is -2.47. The van der Waals surface area contributed by atoms with Gasteiger partial charge in [-0.15, -0.1) is 0 Å². The van der Waals surface area contributed by atoms with Crippen LogP contribution in [-0.4, -0.2) is 91.9 Å². The van der Waals surface area contributed by atoms with E-state index >= 15 is 0 Å². The van der Waals surface area contributed by atoms with E-state index in [4.69, 9.17) is 0 Å². The van der Waals surface area contributed by atoms with Crippen LogP contribution in [0, 0.1) is 5.92 Å². The zero-order valence-corrected chi connectivity index (χ0v) is 21.4. The van der Waals surface area contributed by atoms with Crippen LogP contribution in [-0.2, 0) is 21.4 Å². The second kappa shape index (κ2) is 11.2. The molecule has 2 fully saturated rings. The predicted molar refractivity (Wildman–Crippen MR) is 135 cm³/mol. The maximum atomic E-state index is 13.2. The number of piperidine rings is 1. The molecule has 2 saturated heterocycles. The highest BCUT2D eigenvalue weighted by Crippen LogP contribution is 2.27. The Morgan fingerprint density at radius 3 is 2.35 bits per heavy atom. The molecule has 2 aromatic rings. The minimum absolute atomic E-state index is 0.0650. The molecule has 1 N–H and O–H groups in total. The van der Waals surface area contributed by atoms with Crippen LogP contribution >= 0.6 is 0 Å². The Kier molecular flexibility index (Phi) is 8.29. The molecule has 188 valence electrons. The number of fused-ring (bicyclic) bond motifs is 1. The molecular weight excluding hydrogens is 450 g/mol. The van der Waals surface area contributed by atoms with E-state index < -0.39 is 10.0 Å². The Morgan fingerprint density at radius 2 is 1.68 bits per heavy atom. The first-order valence-corrected chi connectivity index (χ1v) is 14.2. The molecule has 4 rings (SSSR count). The largest absolute Gasteiger partial charge is 0.356 e. The van der Waals surface area contributed by atoms with Crippen LogP contribution < -0.4 is 5.32 Å². The van der Waals surface area contributed by atoms with E-state index in [0.29, 0.717) is 37.4 Å². The molecule has 2 aliphatic heterocycles. The Labute approximate surface area is 203 Å². The number of aromatic nitrogens is 1. The minimum atomic E-state index is -3.56. The molecule has 0 spiro atoms. The standard InChI is InChI=1S/C25H39N5O3S/c1-3-27-16-18-28(19-17-27)12-5-11-26-25(31)21-9-14-30(15-10-21)34(32,33)23-6-7-24-22(20-23)8-13-29(24)4-2/h6-8,13,20-21H,3-5,9-12,14-19H2,1-2H3,(H,26,31). The van der Waals surface area contributed by atoms with Crippen LogP contribution in [0.25, 0.3) is 10.9 Å². The average molecular weight is 490 g/mol. The number of amides is 1. The molecule has 34 heavy (non-hydrogen) atoms. The number of carbonyl (C=O) groups is 1. The zero-order valence-electron chi connectivity index (χ0n) is 20.6. The molecule has 0 atom stereocenters. The highest BCUT2D eigenvalue weighted by atomic mass is 32.2. The highest BCUT2D eigenvalue weighted by Gasteiger charge is 2.32. The number of sulfonamides is 1. The summed E-state index contributed by atoms with van der Waals surface area (Å²) < 4.78 is 30.0. The van der Waals surface area contributed by atoms with Crippen molar-refractivity contribution >= 4 is 26.8 Å². The van der Waals surface area contributed by atoms with E-state index in [-0.39, 0.29) is 11.8 Å². The van der Waals surface area contributed by atoms with Gasteiger partial charge in [-0.05, 0) is 63.5 Å². The van der Waals surface area contributed by atoms with Crippen LogP contribution in [0.15, 0.2) is 35.4 Å². The molecule has 0 unspecified atom stereocenters. The van der Waals surface area contributed by atoms with Gasteiger partial charge >= 0.3 is 0 Å². The number of rotatable bonds is 9. The lowest BCUT2D eigenvalue weighted by atomic mass is 9.97. The van der Waals surface area contributed by atoms with Crippen LogP contribution in [0.1, 0.15) is 33.1 Å². The third-order valence-corrected chi connectivity index (χ3v) is 9.30. The van der Waals surface area contributed by atoms with Crippen molar-refractivity contribution in [2.45, 2.75) is 44.6 Å². The summed E-state index contributed by atoms with van der Waals surface area (Å²) in [7, 11) is -3.56. The van der Waals surface area contributed by atoms with E-state index in [1.165, 1.54) is 4.31 Å². The minimum Gasteiger partial charge on any atom is -0.356 e. The number of hydrogen-bond acceptors (Lipinski definition) is 5. The third-order valence-electron chi connectivity index (χ3n) is 7.41. The number of nitrogens with zero attached hydrogens (tertiary/aromatic N) is 4. The summed E-state index contributed by atoms with van der Waals surface area (Å²) >= 11 is 0. The van der Waals surface area contributed by atoms with E-state index in [0.717, 1.165) is 63.1 Å². The van der Waals surface area contributed by atoms with E-state index in [2.05, 4.69) is 33.5 Å². The van der Waals surface area contributed by atoms with Gasteiger partial charge in [0.25, 0.3) is 0 Å². The lowest BCUT2D eigenvalue weighted by molar-refractivity contribution is -0.126. The Bertz CT molecular complexity index is 1070. The molecule has 0 aliphatic carbocycles. The fraction of sp³-hybridized carbons (Fsp3) is 0.640. The SMILES string of the molecule is CCN1CCN(CCCNC(=O)C2CCN(S(=O)(=O)c3ccc4c(ccn4CC)c3)CC2)CC1. The number of nitrogens with one attached hydrogen (secondary N) is 1. The van der Waals surface area contributed by atoms with Crippen molar-refractivity contribution in [1.82, 2.24) is 24.0 Å². The van der Waals surface area contributed by atoms with Crippen molar-refractivity contribution < 1.29 is 13.2 Å². The molecule has 0 saturated carbocycles. The molecule has 9 heteroatoms. The molecule has 3 heterocycles. The van der Waals surface area contributed by atoms with Crippen molar-refractivity contribution in [2.24, 2.45) is 5.92 Å². The van der Waals surface area contributed by atoms with Gasteiger partial charge < -0.3 is 19.7 Å². The summed E-state index contributed by atoms with van der Waals surface area (Å²) in [5.41, 5.74) is 1.04. The van der Waals surface area contributed by atoms with Crippen molar-refractivity contribution in [3.63, 3.8) is 0 Å². The first-order valence-electron chi connectivity index (χ1n) is 12.7. The number of aryl methyl sites for hydroxylation is 1.